The minimum Gasteiger partial charge on any atom is -0.455 e. The average Bonchev–Trinajstić information content (AvgIpc) is 2.27. The van der Waals surface area contributed by atoms with Crippen molar-refractivity contribution in [3.8, 4) is 11.5 Å². The number of aryl methyl sites for hydroxylation is 1. The highest BCUT2D eigenvalue weighted by molar-refractivity contribution is 9.10. The van der Waals surface area contributed by atoms with Crippen molar-refractivity contribution >= 4 is 21.6 Å². The van der Waals surface area contributed by atoms with Gasteiger partial charge in [0.15, 0.2) is 0 Å². The third-order valence-corrected chi connectivity index (χ3v) is 2.93. The van der Waals surface area contributed by atoms with Gasteiger partial charge in [0.1, 0.15) is 17.3 Å². The van der Waals surface area contributed by atoms with Crippen LogP contribution in [-0.2, 0) is 0 Å². The molecule has 0 heterocycles. The van der Waals surface area contributed by atoms with Gasteiger partial charge in [-0.1, -0.05) is 6.07 Å². The summed E-state index contributed by atoms with van der Waals surface area (Å²) < 4.78 is 19.2. The van der Waals surface area contributed by atoms with Gasteiger partial charge in [0.25, 0.3) is 0 Å². The first kappa shape index (κ1) is 11.9. The molecule has 2 N–H and O–H groups in total. The second-order valence-corrected chi connectivity index (χ2v) is 4.57. The standard InChI is InChI=1S/C13H11BrFNO/c1-8-2-5-13(12(16)6-8)17-9-3-4-10(14)11(15)7-9/h2-7H,16H2,1H3. The number of hydrogen-bond donors (Lipinski definition) is 1. The molecule has 4 heteroatoms. The molecule has 0 atom stereocenters. The summed E-state index contributed by atoms with van der Waals surface area (Å²) in [5.41, 5.74) is 7.40. The highest BCUT2D eigenvalue weighted by atomic mass is 79.9. The quantitative estimate of drug-likeness (QED) is 0.840. The van der Waals surface area contributed by atoms with Crippen LogP contribution in [0.1, 0.15) is 5.56 Å². The predicted octanol–water partition coefficient (Wildman–Crippen LogP) is 4.27. The van der Waals surface area contributed by atoms with Crippen molar-refractivity contribution in [1.82, 2.24) is 0 Å². The number of benzene rings is 2. The van der Waals surface area contributed by atoms with Crippen LogP contribution in [0.5, 0.6) is 11.5 Å². The van der Waals surface area contributed by atoms with E-state index in [1.807, 2.05) is 19.1 Å². The molecule has 0 fully saturated rings. The Morgan fingerprint density at radius 2 is 1.94 bits per heavy atom. The first-order valence-corrected chi connectivity index (χ1v) is 5.84. The Bertz CT molecular complexity index is 557. The lowest BCUT2D eigenvalue weighted by atomic mass is 10.2. The van der Waals surface area contributed by atoms with Gasteiger partial charge in [-0.15, -0.1) is 0 Å². The molecule has 88 valence electrons. The van der Waals surface area contributed by atoms with Crippen molar-refractivity contribution in [1.29, 1.82) is 0 Å². The van der Waals surface area contributed by atoms with Crippen molar-refractivity contribution in [3.63, 3.8) is 0 Å². The molecule has 0 unspecified atom stereocenters. The number of hydrogen-bond acceptors (Lipinski definition) is 2. The lowest BCUT2D eigenvalue weighted by molar-refractivity contribution is 0.478. The normalized spacial score (nSPS) is 10.3. The fourth-order valence-corrected chi connectivity index (χ4v) is 1.67. The number of anilines is 1. The SMILES string of the molecule is Cc1ccc(Oc2ccc(Br)c(F)c2)c(N)c1. The Morgan fingerprint density at radius 1 is 1.18 bits per heavy atom. The number of ether oxygens (including phenoxy) is 1. The largest absolute Gasteiger partial charge is 0.455 e. The molecule has 0 spiro atoms. The van der Waals surface area contributed by atoms with E-state index in [1.54, 1.807) is 18.2 Å². The molecular weight excluding hydrogens is 285 g/mol. The van der Waals surface area contributed by atoms with Gasteiger partial charge in [0, 0.05) is 6.07 Å². The minimum atomic E-state index is -0.367. The summed E-state index contributed by atoms with van der Waals surface area (Å²) in [6.07, 6.45) is 0. The van der Waals surface area contributed by atoms with E-state index in [4.69, 9.17) is 10.5 Å². The maximum absolute atomic E-state index is 13.3. The fourth-order valence-electron chi connectivity index (χ4n) is 1.43. The van der Waals surface area contributed by atoms with Crippen LogP contribution >= 0.6 is 15.9 Å². The van der Waals surface area contributed by atoms with E-state index in [0.717, 1.165) is 5.56 Å². The van der Waals surface area contributed by atoms with Crippen LogP contribution in [0.4, 0.5) is 10.1 Å². The molecule has 2 nitrogen and oxygen atoms in total. The molecule has 2 rings (SSSR count). The van der Waals surface area contributed by atoms with Gasteiger partial charge in [-0.3, -0.25) is 0 Å². The zero-order chi connectivity index (χ0) is 12.4. The molecule has 0 radical (unpaired) electrons. The van der Waals surface area contributed by atoms with Crippen LogP contribution in [0.3, 0.4) is 0 Å². The molecule has 2 aromatic carbocycles. The Hall–Kier alpha value is -1.55. The van der Waals surface area contributed by atoms with Crippen molar-refractivity contribution < 1.29 is 9.13 Å². The van der Waals surface area contributed by atoms with Crippen molar-refractivity contribution in [2.24, 2.45) is 0 Å². The van der Waals surface area contributed by atoms with Crippen molar-refractivity contribution in [3.05, 3.63) is 52.3 Å². The van der Waals surface area contributed by atoms with Crippen LogP contribution in [-0.4, -0.2) is 0 Å². The molecule has 0 aliphatic rings. The highest BCUT2D eigenvalue weighted by Crippen LogP contribution is 2.29. The molecule has 17 heavy (non-hydrogen) atoms. The molecule has 0 saturated carbocycles. The van der Waals surface area contributed by atoms with Gasteiger partial charge in [-0.25, -0.2) is 4.39 Å². The molecule has 0 bridgehead atoms. The summed E-state index contributed by atoms with van der Waals surface area (Å²) >= 11 is 3.08. The summed E-state index contributed by atoms with van der Waals surface area (Å²) in [5, 5.41) is 0. The average molecular weight is 296 g/mol. The predicted molar refractivity (Wildman–Crippen MR) is 69.8 cm³/mol. The van der Waals surface area contributed by atoms with E-state index < -0.39 is 0 Å². The zero-order valence-electron chi connectivity index (χ0n) is 9.21. The van der Waals surface area contributed by atoms with Crippen molar-refractivity contribution in [2.45, 2.75) is 6.92 Å². The third kappa shape index (κ3) is 2.77. The molecule has 2 aromatic rings. The second-order valence-electron chi connectivity index (χ2n) is 3.72. The van der Waals surface area contributed by atoms with Crippen LogP contribution in [0, 0.1) is 12.7 Å². The number of rotatable bonds is 2. The lowest BCUT2D eigenvalue weighted by Gasteiger charge is -2.09. The van der Waals surface area contributed by atoms with E-state index in [9.17, 15) is 4.39 Å². The number of nitrogens with two attached hydrogens (primary N) is 1. The summed E-state index contributed by atoms with van der Waals surface area (Å²) in [7, 11) is 0. The van der Waals surface area contributed by atoms with Gasteiger partial charge in [0.2, 0.25) is 0 Å². The maximum atomic E-state index is 13.3. The summed E-state index contributed by atoms with van der Waals surface area (Å²) in [6, 6.07) is 10.0. The zero-order valence-corrected chi connectivity index (χ0v) is 10.8. The monoisotopic (exact) mass is 295 g/mol. The Morgan fingerprint density at radius 3 is 2.59 bits per heavy atom. The smallest absolute Gasteiger partial charge is 0.150 e. The first-order chi connectivity index (χ1) is 8.06. The second kappa shape index (κ2) is 4.75. The molecule has 0 aliphatic carbocycles. The summed E-state index contributed by atoms with van der Waals surface area (Å²) in [5.74, 6) is 0.576. The molecular formula is C13H11BrFNO. The van der Waals surface area contributed by atoms with Gasteiger partial charge in [-0.05, 0) is 52.7 Å². The summed E-state index contributed by atoms with van der Waals surface area (Å²) in [4.78, 5) is 0. The number of halogens is 2. The minimum absolute atomic E-state index is 0.367. The highest BCUT2D eigenvalue weighted by Gasteiger charge is 2.05. The topological polar surface area (TPSA) is 35.2 Å². The fraction of sp³-hybridized carbons (Fsp3) is 0.0769. The van der Waals surface area contributed by atoms with Gasteiger partial charge >= 0.3 is 0 Å². The Labute approximate surface area is 107 Å². The van der Waals surface area contributed by atoms with E-state index in [1.165, 1.54) is 6.07 Å². The lowest BCUT2D eigenvalue weighted by Crippen LogP contribution is -1.93. The van der Waals surface area contributed by atoms with E-state index in [-0.39, 0.29) is 5.82 Å². The van der Waals surface area contributed by atoms with E-state index >= 15 is 0 Å². The molecule has 0 aliphatic heterocycles. The molecule has 0 amide bonds. The van der Waals surface area contributed by atoms with Gasteiger partial charge < -0.3 is 10.5 Å². The van der Waals surface area contributed by atoms with Crippen molar-refractivity contribution in [2.75, 3.05) is 5.73 Å². The van der Waals surface area contributed by atoms with Crippen LogP contribution in [0.2, 0.25) is 0 Å². The number of nitrogen functional groups attached to an aromatic ring is 1. The van der Waals surface area contributed by atoms with E-state index in [2.05, 4.69) is 15.9 Å². The molecule has 0 aromatic heterocycles. The van der Waals surface area contributed by atoms with Crippen LogP contribution < -0.4 is 10.5 Å². The Kier molecular flexibility index (Phi) is 3.33. The third-order valence-electron chi connectivity index (χ3n) is 2.28. The summed E-state index contributed by atoms with van der Waals surface area (Å²) in [6.45, 7) is 1.94. The van der Waals surface area contributed by atoms with Gasteiger partial charge in [0.05, 0.1) is 10.2 Å². The molecule has 0 saturated heterocycles. The van der Waals surface area contributed by atoms with Crippen LogP contribution in [0.25, 0.3) is 0 Å². The van der Waals surface area contributed by atoms with E-state index in [0.29, 0.717) is 21.7 Å². The first-order valence-electron chi connectivity index (χ1n) is 5.05. The Balaban J connectivity index is 2.28. The van der Waals surface area contributed by atoms with Gasteiger partial charge in [-0.2, -0.15) is 0 Å². The maximum Gasteiger partial charge on any atom is 0.150 e. The van der Waals surface area contributed by atoms with Crippen LogP contribution in [0.15, 0.2) is 40.9 Å².